The van der Waals surface area contributed by atoms with Gasteiger partial charge in [-0.05, 0) is 18.2 Å². The van der Waals surface area contributed by atoms with Gasteiger partial charge in [-0.15, -0.1) is 0 Å². The molecule has 6 nitrogen and oxygen atoms in total. The minimum Gasteiger partial charge on any atom is -0.396 e. The molecule has 0 aliphatic heterocycles. The van der Waals surface area contributed by atoms with Crippen molar-refractivity contribution in [3.63, 3.8) is 0 Å². The lowest BCUT2D eigenvalue weighted by molar-refractivity contribution is 0.102. The van der Waals surface area contributed by atoms with Crippen LogP contribution >= 0.6 is 0 Å². The van der Waals surface area contributed by atoms with Gasteiger partial charge in [0, 0.05) is 12.6 Å². The van der Waals surface area contributed by atoms with Gasteiger partial charge in [-0.1, -0.05) is 0 Å². The van der Waals surface area contributed by atoms with Crippen molar-refractivity contribution in [1.82, 2.24) is 14.8 Å². The zero-order valence-electron chi connectivity index (χ0n) is 9.01. The largest absolute Gasteiger partial charge is 0.396 e. The fourth-order valence-electron chi connectivity index (χ4n) is 1.27. The molecular weight excluding hydrogens is 225 g/mol. The Hall–Kier alpha value is -2.44. The summed E-state index contributed by atoms with van der Waals surface area (Å²) in [6.07, 6.45) is 1.31. The normalized spacial score (nSPS) is 10.2. The van der Waals surface area contributed by atoms with Crippen LogP contribution in [0.15, 0.2) is 24.5 Å². The van der Waals surface area contributed by atoms with Crippen molar-refractivity contribution in [2.75, 3.05) is 11.1 Å². The summed E-state index contributed by atoms with van der Waals surface area (Å²) in [7, 11) is 1.64. The molecule has 0 saturated heterocycles. The highest BCUT2D eigenvalue weighted by atomic mass is 19.1. The van der Waals surface area contributed by atoms with E-state index in [0.29, 0.717) is 5.95 Å². The maximum Gasteiger partial charge on any atom is 0.258 e. The van der Waals surface area contributed by atoms with E-state index in [2.05, 4.69) is 15.4 Å². The Morgan fingerprint density at radius 1 is 1.53 bits per heavy atom. The number of aromatic nitrogens is 3. The Bertz CT molecular complexity index is 566. The first-order valence-electron chi connectivity index (χ1n) is 4.78. The molecule has 0 spiro atoms. The summed E-state index contributed by atoms with van der Waals surface area (Å²) in [5.74, 6) is -0.675. The van der Waals surface area contributed by atoms with Crippen LogP contribution in [0.3, 0.4) is 0 Å². The van der Waals surface area contributed by atoms with Crippen molar-refractivity contribution >= 4 is 17.5 Å². The molecule has 0 aliphatic carbocycles. The van der Waals surface area contributed by atoms with Crippen molar-refractivity contribution in [1.29, 1.82) is 0 Å². The first kappa shape index (κ1) is 11.1. The molecule has 3 N–H and O–H groups in total. The number of benzene rings is 1. The van der Waals surface area contributed by atoms with E-state index in [1.165, 1.54) is 23.1 Å². The van der Waals surface area contributed by atoms with Gasteiger partial charge >= 0.3 is 0 Å². The highest BCUT2D eigenvalue weighted by molar-refractivity contribution is 6.03. The summed E-state index contributed by atoms with van der Waals surface area (Å²) in [6, 6.07) is 3.75. The van der Waals surface area contributed by atoms with Crippen LogP contribution in [0.4, 0.5) is 16.0 Å². The number of nitrogens with two attached hydrogens (primary N) is 1. The molecule has 0 bridgehead atoms. The van der Waals surface area contributed by atoms with Crippen LogP contribution in [0.25, 0.3) is 0 Å². The van der Waals surface area contributed by atoms with E-state index in [0.717, 1.165) is 6.07 Å². The van der Waals surface area contributed by atoms with Gasteiger partial charge in [0.1, 0.15) is 12.1 Å². The minimum absolute atomic E-state index is 0.0735. The minimum atomic E-state index is -0.555. The smallest absolute Gasteiger partial charge is 0.258 e. The van der Waals surface area contributed by atoms with Crippen LogP contribution in [0.5, 0.6) is 0 Å². The molecule has 0 aliphatic rings. The number of nitrogens with one attached hydrogen (secondary N) is 1. The Morgan fingerprint density at radius 3 is 2.88 bits per heavy atom. The Labute approximate surface area is 96.3 Å². The standard InChI is InChI=1S/C10H10FN5O/c1-16-10(13-5-14-16)15-9(17)6-2-3-7(11)8(12)4-6/h2-5H,12H2,1H3,(H,13,14,15,17). The van der Waals surface area contributed by atoms with E-state index in [-0.39, 0.29) is 11.3 Å². The predicted octanol–water partition coefficient (Wildman–Crippen LogP) is 0.789. The predicted molar refractivity (Wildman–Crippen MR) is 59.8 cm³/mol. The SMILES string of the molecule is Cn1ncnc1NC(=O)c1ccc(F)c(N)c1. The molecule has 0 fully saturated rings. The third-order valence-electron chi connectivity index (χ3n) is 2.19. The molecule has 0 atom stereocenters. The molecule has 2 rings (SSSR count). The zero-order valence-corrected chi connectivity index (χ0v) is 9.01. The van der Waals surface area contributed by atoms with Gasteiger partial charge in [0.15, 0.2) is 0 Å². The number of nitrogens with zero attached hydrogens (tertiary/aromatic N) is 3. The quantitative estimate of drug-likeness (QED) is 0.753. The molecule has 1 aromatic heterocycles. The zero-order chi connectivity index (χ0) is 12.4. The van der Waals surface area contributed by atoms with E-state index in [1.807, 2.05) is 0 Å². The number of anilines is 2. The number of halogens is 1. The Kier molecular flexibility index (Phi) is 2.73. The number of rotatable bonds is 2. The van der Waals surface area contributed by atoms with Crippen molar-refractivity contribution in [3.8, 4) is 0 Å². The average Bonchev–Trinajstić information content (AvgIpc) is 2.68. The fourth-order valence-corrected chi connectivity index (χ4v) is 1.27. The third-order valence-corrected chi connectivity index (χ3v) is 2.19. The van der Waals surface area contributed by atoms with Crippen LogP contribution < -0.4 is 11.1 Å². The van der Waals surface area contributed by atoms with Crippen molar-refractivity contribution in [2.45, 2.75) is 0 Å². The van der Waals surface area contributed by atoms with E-state index in [4.69, 9.17) is 5.73 Å². The summed E-state index contributed by atoms with van der Waals surface area (Å²) in [6.45, 7) is 0. The van der Waals surface area contributed by atoms with Gasteiger partial charge in [0.25, 0.3) is 5.91 Å². The van der Waals surface area contributed by atoms with Crippen molar-refractivity contribution in [3.05, 3.63) is 35.9 Å². The van der Waals surface area contributed by atoms with Crippen LogP contribution in [-0.4, -0.2) is 20.7 Å². The fraction of sp³-hybridized carbons (Fsp3) is 0.100. The summed E-state index contributed by atoms with van der Waals surface area (Å²) in [5, 5.41) is 6.33. The highest BCUT2D eigenvalue weighted by Gasteiger charge is 2.10. The van der Waals surface area contributed by atoms with Gasteiger partial charge in [-0.25, -0.2) is 9.07 Å². The summed E-state index contributed by atoms with van der Waals surface area (Å²) in [4.78, 5) is 15.6. The third kappa shape index (κ3) is 2.22. The summed E-state index contributed by atoms with van der Waals surface area (Å²) < 4.78 is 14.3. The topological polar surface area (TPSA) is 85.8 Å². The molecule has 1 amide bonds. The molecule has 0 saturated carbocycles. The van der Waals surface area contributed by atoms with E-state index in [9.17, 15) is 9.18 Å². The average molecular weight is 235 g/mol. The molecule has 1 heterocycles. The van der Waals surface area contributed by atoms with Gasteiger partial charge in [-0.2, -0.15) is 10.1 Å². The van der Waals surface area contributed by atoms with Crippen LogP contribution in [0, 0.1) is 5.82 Å². The molecule has 0 radical (unpaired) electrons. The van der Waals surface area contributed by atoms with Gasteiger partial charge in [0.2, 0.25) is 5.95 Å². The van der Waals surface area contributed by atoms with E-state index >= 15 is 0 Å². The molecule has 2 aromatic rings. The van der Waals surface area contributed by atoms with Crippen LogP contribution in [-0.2, 0) is 7.05 Å². The second kappa shape index (κ2) is 4.20. The molecule has 88 valence electrons. The molecular formula is C10H10FN5O. The lowest BCUT2D eigenvalue weighted by Gasteiger charge is -2.04. The molecule has 1 aromatic carbocycles. The molecule has 0 unspecified atom stereocenters. The lowest BCUT2D eigenvalue weighted by atomic mass is 10.2. The number of hydrogen-bond acceptors (Lipinski definition) is 4. The molecule has 7 heteroatoms. The van der Waals surface area contributed by atoms with Crippen molar-refractivity contribution < 1.29 is 9.18 Å². The second-order valence-corrected chi connectivity index (χ2v) is 3.40. The number of carbonyl (C=O) groups excluding carboxylic acids is 1. The van der Waals surface area contributed by atoms with Crippen LogP contribution in [0.1, 0.15) is 10.4 Å². The Morgan fingerprint density at radius 2 is 2.29 bits per heavy atom. The first-order valence-corrected chi connectivity index (χ1v) is 4.78. The van der Waals surface area contributed by atoms with Gasteiger partial charge < -0.3 is 5.73 Å². The maximum absolute atomic E-state index is 12.9. The maximum atomic E-state index is 12.9. The number of hydrogen-bond donors (Lipinski definition) is 2. The number of nitrogen functional groups attached to an aromatic ring is 1. The number of aryl methyl sites for hydroxylation is 1. The number of amides is 1. The second-order valence-electron chi connectivity index (χ2n) is 3.40. The summed E-state index contributed by atoms with van der Waals surface area (Å²) >= 11 is 0. The van der Waals surface area contributed by atoms with E-state index < -0.39 is 11.7 Å². The van der Waals surface area contributed by atoms with Crippen LogP contribution in [0.2, 0.25) is 0 Å². The number of carbonyl (C=O) groups is 1. The molecule has 17 heavy (non-hydrogen) atoms. The van der Waals surface area contributed by atoms with Gasteiger partial charge in [0.05, 0.1) is 5.69 Å². The van der Waals surface area contributed by atoms with Crippen molar-refractivity contribution in [2.24, 2.45) is 7.05 Å². The highest BCUT2D eigenvalue weighted by Crippen LogP contribution is 2.13. The lowest BCUT2D eigenvalue weighted by Crippen LogP contribution is -2.15. The Balaban J connectivity index is 2.20. The van der Waals surface area contributed by atoms with E-state index in [1.54, 1.807) is 7.05 Å². The monoisotopic (exact) mass is 235 g/mol. The first-order chi connectivity index (χ1) is 8.08. The summed E-state index contributed by atoms with van der Waals surface area (Å²) in [5.41, 5.74) is 5.56. The van der Waals surface area contributed by atoms with Gasteiger partial charge in [-0.3, -0.25) is 10.1 Å².